The molecule has 4 atom stereocenters. The topological polar surface area (TPSA) is 21.3 Å². The maximum atomic E-state index is 5.33. The second-order valence-corrected chi connectivity index (χ2v) is 4.41. The van der Waals surface area contributed by atoms with Gasteiger partial charge in [-0.15, -0.1) is 0 Å². The molecule has 12 heavy (non-hydrogen) atoms. The first-order valence-corrected chi connectivity index (χ1v) is 5.11. The molecular formula is C10H19NO. The first-order chi connectivity index (χ1) is 5.77. The third-order valence-electron chi connectivity index (χ3n) is 3.54. The van der Waals surface area contributed by atoms with Gasteiger partial charge in [0.2, 0.25) is 0 Å². The lowest BCUT2D eigenvalue weighted by Gasteiger charge is -2.42. The zero-order valence-corrected chi connectivity index (χ0v) is 8.05. The summed E-state index contributed by atoms with van der Waals surface area (Å²) in [6, 6.07) is 1.41. The molecule has 0 aromatic rings. The minimum absolute atomic E-state index is 0.643. The summed E-state index contributed by atoms with van der Waals surface area (Å²) >= 11 is 0. The van der Waals surface area contributed by atoms with Crippen LogP contribution >= 0.6 is 0 Å². The third kappa shape index (κ3) is 1.50. The van der Waals surface area contributed by atoms with Gasteiger partial charge in [-0.05, 0) is 24.7 Å². The third-order valence-corrected chi connectivity index (χ3v) is 3.54. The van der Waals surface area contributed by atoms with Crippen molar-refractivity contribution >= 4 is 0 Å². The Balaban J connectivity index is 1.73. The van der Waals surface area contributed by atoms with Gasteiger partial charge in [-0.25, -0.2) is 0 Å². The van der Waals surface area contributed by atoms with E-state index in [1.165, 1.54) is 12.8 Å². The van der Waals surface area contributed by atoms with Crippen LogP contribution in [0.25, 0.3) is 0 Å². The van der Waals surface area contributed by atoms with Gasteiger partial charge in [-0.1, -0.05) is 13.8 Å². The summed E-state index contributed by atoms with van der Waals surface area (Å²) in [5, 5.41) is 3.67. The molecule has 70 valence electrons. The van der Waals surface area contributed by atoms with E-state index >= 15 is 0 Å². The minimum Gasteiger partial charge on any atom is -0.380 e. The normalized spacial score (nSPS) is 47.5. The number of hydrogen-bond acceptors (Lipinski definition) is 2. The van der Waals surface area contributed by atoms with Crippen molar-refractivity contribution in [3.8, 4) is 0 Å². The molecule has 0 aromatic carbocycles. The Hall–Kier alpha value is -0.0800. The Labute approximate surface area is 74.7 Å². The van der Waals surface area contributed by atoms with Crippen LogP contribution in [0.2, 0.25) is 0 Å². The van der Waals surface area contributed by atoms with Gasteiger partial charge in [0.1, 0.15) is 0 Å². The van der Waals surface area contributed by atoms with E-state index in [4.69, 9.17) is 4.74 Å². The molecule has 0 bridgehead atoms. The van der Waals surface area contributed by atoms with Crippen LogP contribution in [-0.4, -0.2) is 25.3 Å². The van der Waals surface area contributed by atoms with Gasteiger partial charge in [0.15, 0.2) is 0 Å². The molecule has 0 radical (unpaired) electrons. The molecule has 1 heterocycles. The predicted molar refractivity (Wildman–Crippen MR) is 49.1 cm³/mol. The maximum Gasteiger partial charge on any atom is 0.0620 e. The Bertz CT molecular complexity index is 154. The summed E-state index contributed by atoms with van der Waals surface area (Å²) in [4.78, 5) is 0. The lowest BCUT2D eigenvalue weighted by Crippen LogP contribution is -2.51. The van der Waals surface area contributed by atoms with Crippen LogP contribution in [0.3, 0.4) is 0 Å². The van der Waals surface area contributed by atoms with Crippen LogP contribution in [0.5, 0.6) is 0 Å². The maximum absolute atomic E-state index is 5.33. The standard InChI is InChI=1S/C10H19NO/c1-7-5-10(8(7)2)11-9-3-4-12-6-9/h7-11H,3-6H2,1-2H3. The highest BCUT2D eigenvalue weighted by molar-refractivity contribution is 4.91. The van der Waals surface area contributed by atoms with Crippen molar-refractivity contribution < 1.29 is 4.74 Å². The van der Waals surface area contributed by atoms with Crippen LogP contribution in [0, 0.1) is 11.8 Å². The molecule has 0 amide bonds. The molecule has 0 aromatic heterocycles. The van der Waals surface area contributed by atoms with E-state index in [0.29, 0.717) is 6.04 Å². The van der Waals surface area contributed by atoms with E-state index < -0.39 is 0 Å². The number of nitrogens with one attached hydrogen (secondary N) is 1. The second kappa shape index (κ2) is 3.35. The number of rotatable bonds is 2. The van der Waals surface area contributed by atoms with Crippen molar-refractivity contribution in [2.24, 2.45) is 11.8 Å². The van der Waals surface area contributed by atoms with Crippen molar-refractivity contribution in [3.05, 3.63) is 0 Å². The highest BCUT2D eigenvalue weighted by Crippen LogP contribution is 2.34. The van der Waals surface area contributed by atoms with Gasteiger partial charge < -0.3 is 10.1 Å². The minimum atomic E-state index is 0.643. The fourth-order valence-electron chi connectivity index (χ4n) is 2.22. The summed E-state index contributed by atoms with van der Waals surface area (Å²) in [7, 11) is 0. The van der Waals surface area contributed by atoms with Crippen molar-refractivity contribution in [3.63, 3.8) is 0 Å². The van der Waals surface area contributed by atoms with E-state index in [-0.39, 0.29) is 0 Å². The zero-order valence-electron chi connectivity index (χ0n) is 8.05. The number of ether oxygens (including phenoxy) is 1. The average Bonchev–Trinajstić information content (AvgIpc) is 2.56. The van der Waals surface area contributed by atoms with Crippen molar-refractivity contribution in [1.82, 2.24) is 5.32 Å². The van der Waals surface area contributed by atoms with Gasteiger partial charge >= 0.3 is 0 Å². The lowest BCUT2D eigenvalue weighted by molar-refractivity contribution is 0.118. The molecule has 1 saturated heterocycles. The number of hydrogen-bond donors (Lipinski definition) is 1. The highest BCUT2D eigenvalue weighted by Gasteiger charge is 2.35. The van der Waals surface area contributed by atoms with Gasteiger partial charge in [0, 0.05) is 18.7 Å². The fraction of sp³-hybridized carbons (Fsp3) is 1.00. The van der Waals surface area contributed by atoms with E-state index in [1.54, 1.807) is 0 Å². The zero-order chi connectivity index (χ0) is 8.55. The lowest BCUT2D eigenvalue weighted by atomic mass is 9.71. The largest absolute Gasteiger partial charge is 0.380 e. The van der Waals surface area contributed by atoms with Gasteiger partial charge in [-0.2, -0.15) is 0 Å². The predicted octanol–water partition coefficient (Wildman–Crippen LogP) is 1.41. The summed E-state index contributed by atoms with van der Waals surface area (Å²) < 4.78 is 5.33. The van der Waals surface area contributed by atoms with Gasteiger partial charge in [0.25, 0.3) is 0 Å². The highest BCUT2D eigenvalue weighted by atomic mass is 16.5. The van der Waals surface area contributed by atoms with Crippen LogP contribution in [0.1, 0.15) is 26.7 Å². The summed E-state index contributed by atoms with van der Waals surface area (Å²) in [6.45, 7) is 6.57. The van der Waals surface area contributed by atoms with Crippen LogP contribution in [0.15, 0.2) is 0 Å². The molecule has 2 nitrogen and oxygen atoms in total. The van der Waals surface area contributed by atoms with E-state index in [0.717, 1.165) is 31.1 Å². The SMILES string of the molecule is CC1CC(NC2CCOC2)C1C. The monoisotopic (exact) mass is 169 g/mol. The molecule has 1 aliphatic heterocycles. The first-order valence-electron chi connectivity index (χ1n) is 5.11. The molecule has 1 aliphatic carbocycles. The van der Waals surface area contributed by atoms with Crippen LogP contribution < -0.4 is 5.32 Å². The average molecular weight is 169 g/mol. The molecule has 0 spiro atoms. The molecule has 2 fully saturated rings. The van der Waals surface area contributed by atoms with Crippen molar-refractivity contribution in [1.29, 1.82) is 0 Å². The quantitative estimate of drug-likeness (QED) is 0.675. The molecule has 2 heteroatoms. The summed E-state index contributed by atoms with van der Waals surface area (Å²) in [5.74, 6) is 1.79. The first kappa shape index (κ1) is 8.52. The van der Waals surface area contributed by atoms with E-state index in [2.05, 4.69) is 19.2 Å². The van der Waals surface area contributed by atoms with Crippen molar-refractivity contribution in [2.75, 3.05) is 13.2 Å². The Morgan fingerprint density at radius 3 is 2.67 bits per heavy atom. The molecule has 2 aliphatic rings. The second-order valence-electron chi connectivity index (χ2n) is 4.41. The van der Waals surface area contributed by atoms with E-state index in [1.807, 2.05) is 0 Å². The van der Waals surface area contributed by atoms with Gasteiger partial charge in [-0.3, -0.25) is 0 Å². The molecule has 1 N–H and O–H groups in total. The molecule has 4 unspecified atom stereocenters. The van der Waals surface area contributed by atoms with Crippen LogP contribution in [0.4, 0.5) is 0 Å². The van der Waals surface area contributed by atoms with Gasteiger partial charge in [0.05, 0.1) is 6.61 Å². The molecule has 1 saturated carbocycles. The van der Waals surface area contributed by atoms with E-state index in [9.17, 15) is 0 Å². The molecule has 2 rings (SSSR count). The fourth-order valence-corrected chi connectivity index (χ4v) is 2.22. The Morgan fingerprint density at radius 2 is 2.17 bits per heavy atom. The van der Waals surface area contributed by atoms with Crippen molar-refractivity contribution in [2.45, 2.75) is 38.8 Å². The summed E-state index contributed by atoms with van der Waals surface area (Å²) in [6.07, 6.45) is 2.56. The summed E-state index contributed by atoms with van der Waals surface area (Å²) in [5.41, 5.74) is 0. The smallest absolute Gasteiger partial charge is 0.0620 e. The Kier molecular flexibility index (Phi) is 2.37. The molecular weight excluding hydrogens is 150 g/mol. The van der Waals surface area contributed by atoms with Crippen LogP contribution in [-0.2, 0) is 4.74 Å². The Morgan fingerprint density at radius 1 is 1.33 bits per heavy atom.